The molecule has 0 aromatic heterocycles. The van der Waals surface area contributed by atoms with Crippen molar-refractivity contribution in [3.63, 3.8) is 0 Å². The molecule has 0 heterocycles. The fourth-order valence-electron chi connectivity index (χ4n) is 4.17. The number of hydrogen-bond donors (Lipinski definition) is 0. The van der Waals surface area contributed by atoms with Crippen LogP contribution >= 0.6 is 0 Å². The fourth-order valence-corrected chi connectivity index (χ4v) is 4.17. The van der Waals surface area contributed by atoms with Crippen LogP contribution in [0.5, 0.6) is 0 Å². The molecular weight excluding hydrogens is 314 g/mol. The summed E-state index contributed by atoms with van der Waals surface area (Å²) in [7, 11) is 0. The van der Waals surface area contributed by atoms with Crippen LogP contribution in [0.25, 0.3) is 0 Å². The molecule has 0 aliphatic heterocycles. The van der Waals surface area contributed by atoms with Gasteiger partial charge in [-0.2, -0.15) is 0 Å². The first-order valence-corrected chi connectivity index (χ1v) is 10.5. The summed E-state index contributed by atoms with van der Waals surface area (Å²) in [5, 5.41) is 0. The van der Waals surface area contributed by atoms with Gasteiger partial charge in [0.1, 0.15) is 0 Å². The van der Waals surface area contributed by atoms with Crippen molar-refractivity contribution in [3.8, 4) is 0 Å². The van der Waals surface area contributed by atoms with Crippen LogP contribution < -0.4 is 0 Å². The third-order valence-corrected chi connectivity index (χ3v) is 5.48. The van der Waals surface area contributed by atoms with E-state index in [1.54, 1.807) is 0 Å². The molecule has 2 saturated carbocycles. The normalized spacial score (nSPS) is 30.5. The van der Waals surface area contributed by atoms with Gasteiger partial charge in [0.2, 0.25) is 0 Å². The van der Waals surface area contributed by atoms with E-state index in [2.05, 4.69) is 46.4 Å². The second kappa shape index (κ2) is 10.2. The van der Waals surface area contributed by atoms with Crippen LogP contribution in [-0.2, 0) is 14.2 Å². The van der Waals surface area contributed by atoms with Gasteiger partial charge in [-0.3, -0.25) is 4.90 Å². The molecule has 0 bridgehead atoms. The Hall–Kier alpha value is -0.160. The predicted molar refractivity (Wildman–Crippen MR) is 103 cm³/mol. The summed E-state index contributed by atoms with van der Waals surface area (Å²) >= 11 is 0. The SMILES string of the molecule is CC(C)OCCN(C(C)C)C1CCC(OC2CC(OC(C)C)C2)CC1. The monoisotopic (exact) mass is 355 g/mol. The molecule has 0 N–H and O–H groups in total. The van der Waals surface area contributed by atoms with Crippen molar-refractivity contribution in [2.24, 2.45) is 0 Å². The van der Waals surface area contributed by atoms with Gasteiger partial charge in [0, 0.05) is 18.6 Å². The number of nitrogens with zero attached hydrogens (tertiary/aromatic N) is 1. The molecule has 0 aromatic rings. The quantitative estimate of drug-likeness (QED) is 0.581. The standard InChI is InChI=1S/C21H41NO3/c1-15(2)22(11-12-23-16(3)4)18-7-9-19(10-8-18)25-21-13-20(14-21)24-17(5)6/h15-21H,7-14H2,1-6H3. The highest BCUT2D eigenvalue weighted by Crippen LogP contribution is 2.33. The van der Waals surface area contributed by atoms with E-state index in [4.69, 9.17) is 14.2 Å². The van der Waals surface area contributed by atoms with Crippen LogP contribution in [0.4, 0.5) is 0 Å². The molecule has 0 spiro atoms. The van der Waals surface area contributed by atoms with Gasteiger partial charge in [-0.05, 0) is 80.1 Å². The Balaban J connectivity index is 1.66. The maximum Gasteiger partial charge on any atom is 0.0628 e. The lowest BCUT2D eigenvalue weighted by atomic mass is 9.88. The highest BCUT2D eigenvalue weighted by Gasteiger charge is 2.35. The zero-order valence-electron chi connectivity index (χ0n) is 17.4. The maximum atomic E-state index is 6.32. The summed E-state index contributed by atoms with van der Waals surface area (Å²) in [4.78, 5) is 2.63. The second-order valence-corrected chi connectivity index (χ2v) is 8.72. The van der Waals surface area contributed by atoms with Crippen molar-refractivity contribution in [2.45, 2.75) is 123 Å². The summed E-state index contributed by atoms with van der Waals surface area (Å²) in [6, 6.07) is 1.27. The van der Waals surface area contributed by atoms with Crippen molar-refractivity contribution in [1.29, 1.82) is 0 Å². The largest absolute Gasteiger partial charge is 0.377 e. The molecule has 0 amide bonds. The van der Waals surface area contributed by atoms with Crippen LogP contribution in [0.3, 0.4) is 0 Å². The highest BCUT2D eigenvalue weighted by molar-refractivity contribution is 4.86. The third kappa shape index (κ3) is 7.16. The van der Waals surface area contributed by atoms with Crippen LogP contribution in [-0.4, -0.2) is 60.7 Å². The molecule has 0 atom stereocenters. The first-order chi connectivity index (χ1) is 11.8. The van der Waals surface area contributed by atoms with Crippen LogP contribution in [0.1, 0.15) is 80.1 Å². The average molecular weight is 356 g/mol. The van der Waals surface area contributed by atoms with Crippen molar-refractivity contribution < 1.29 is 14.2 Å². The molecule has 2 aliphatic carbocycles. The number of hydrogen-bond acceptors (Lipinski definition) is 4. The first kappa shape index (κ1) is 21.1. The predicted octanol–water partition coefficient (Wildman–Crippen LogP) is 4.41. The lowest BCUT2D eigenvalue weighted by Crippen LogP contribution is -2.46. The zero-order valence-corrected chi connectivity index (χ0v) is 17.4. The molecule has 0 aromatic carbocycles. The number of rotatable bonds is 10. The minimum atomic E-state index is 0.323. The Labute approximate surface area is 155 Å². The van der Waals surface area contributed by atoms with Gasteiger partial charge in [0.15, 0.2) is 0 Å². The molecule has 2 aliphatic rings. The van der Waals surface area contributed by atoms with Crippen molar-refractivity contribution >= 4 is 0 Å². The molecular formula is C21H41NO3. The smallest absolute Gasteiger partial charge is 0.0628 e. The Morgan fingerprint density at radius 3 is 1.96 bits per heavy atom. The summed E-state index contributed by atoms with van der Waals surface area (Å²) in [5.41, 5.74) is 0. The van der Waals surface area contributed by atoms with Gasteiger partial charge < -0.3 is 14.2 Å². The number of ether oxygens (including phenoxy) is 3. The topological polar surface area (TPSA) is 30.9 Å². The van der Waals surface area contributed by atoms with E-state index >= 15 is 0 Å². The van der Waals surface area contributed by atoms with Gasteiger partial charge in [0.25, 0.3) is 0 Å². The van der Waals surface area contributed by atoms with Crippen LogP contribution in [0, 0.1) is 0 Å². The Morgan fingerprint density at radius 1 is 0.800 bits per heavy atom. The second-order valence-electron chi connectivity index (χ2n) is 8.72. The van der Waals surface area contributed by atoms with E-state index in [1.807, 2.05) is 0 Å². The average Bonchev–Trinajstić information content (AvgIpc) is 2.49. The minimum absolute atomic E-state index is 0.323. The molecule has 4 heteroatoms. The van der Waals surface area contributed by atoms with Gasteiger partial charge in [-0.1, -0.05) is 0 Å². The van der Waals surface area contributed by atoms with E-state index in [0.717, 1.165) is 26.0 Å². The summed E-state index contributed by atoms with van der Waals surface area (Å²) in [6.45, 7) is 14.9. The highest BCUT2D eigenvalue weighted by atomic mass is 16.5. The first-order valence-electron chi connectivity index (χ1n) is 10.5. The summed E-state index contributed by atoms with van der Waals surface area (Å²) in [6.07, 6.45) is 9.06. The van der Waals surface area contributed by atoms with Crippen molar-refractivity contribution in [3.05, 3.63) is 0 Å². The molecule has 2 rings (SSSR count). The molecule has 148 valence electrons. The van der Waals surface area contributed by atoms with Crippen LogP contribution in [0.2, 0.25) is 0 Å². The van der Waals surface area contributed by atoms with Gasteiger partial charge in [-0.25, -0.2) is 0 Å². The third-order valence-electron chi connectivity index (χ3n) is 5.48. The molecule has 0 saturated heterocycles. The Morgan fingerprint density at radius 2 is 1.44 bits per heavy atom. The lowest BCUT2D eigenvalue weighted by Gasteiger charge is -2.42. The Bertz CT molecular complexity index is 358. The van der Waals surface area contributed by atoms with Crippen LogP contribution in [0.15, 0.2) is 0 Å². The summed E-state index contributed by atoms with van der Waals surface area (Å²) in [5.74, 6) is 0. The molecule has 0 radical (unpaired) electrons. The molecule has 0 unspecified atom stereocenters. The summed E-state index contributed by atoms with van der Waals surface area (Å²) < 4.78 is 17.9. The molecule has 2 fully saturated rings. The van der Waals surface area contributed by atoms with Crippen molar-refractivity contribution in [1.82, 2.24) is 4.90 Å². The van der Waals surface area contributed by atoms with E-state index < -0.39 is 0 Å². The zero-order chi connectivity index (χ0) is 18.4. The van der Waals surface area contributed by atoms with E-state index in [-0.39, 0.29) is 0 Å². The van der Waals surface area contributed by atoms with Gasteiger partial charge in [0.05, 0.1) is 37.1 Å². The van der Waals surface area contributed by atoms with E-state index in [0.29, 0.717) is 42.6 Å². The molecule has 25 heavy (non-hydrogen) atoms. The van der Waals surface area contributed by atoms with Gasteiger partial charge in [-0.15, -0.1) is 0 Å². The maximum absolute atomic E-state index is 6.32. The fraction of sp³-hybridized carbons (Fsp3) is 1.00. The minimum Gasteiger partial charge on any atom is -0.377 e. The van der Waals surface area contributed by atoms with E-state index in [1.165, 1.54) is 25.7 Å². The Kier molecular flexibility index (Phi) is 8.67. The lowest BCUT2D eigenvalue weighted by molar-refractivity contribution is -0.146. The van der Waals surface area contributed by atoms with Gasteiger partial charge >= 0.3 is 0 Å². The van der Waals surface area contributed by atoms with Crippen molar-refractivity contribution in [2.75, 3.05) is 13.2 Å². The molecule has 4 nitrogen and oxygen atoms in total. The van der Waals surface area contributed by atoms with E-state index in [9.17, 15) is 0 Å².